The van der Waals surface area contributed by atoms with Crippen LogP contribution in [-0.2, 0) is 10.2 Å². The predicted octanol–water partition coefficient (Wildman–Crippen LogP) is 3.24. The second-order valence-corrected chi connectivity index (χ2v) is 6.69. The first-order valence-corrected chi connectivity index (χ1v) is 7.92. The molecule has 1 aliphatic rings. The Morgan fingerprint density at radius 3 is 2.50 bits per heavy atom. The molecule has 0 bridgehead atoms. The standard InChI is InChI=1S/C18H27NO3/c1-13-7-6-10-19(12-13)17(20)18(2,3)14-8-9-15(21-4)16(11-14)22-5/h8-9,11,13H,6-7,10,12H2,1-5H3. The van der Waals surface area contributed by atoms with Crippen LogP contribution in [0.3, 0.4) is 0 Å². The van der Waals surface area contributed by atoms with Gasteiger partial charge in [-0.3, -0.25) is 4.79 Å². The van der Waals surface area contributed by atoms with Crippen LogP contribution in [0.1, 0.15) is 39.2 Å². The van der Waals surface area contributed by atoms with Gasteiger partial charge in [-0.15, -0.1) is 0 Å². The van der Waals surface area contributed by atoms with E-state index in [1.54, 1.807) is 14.2 Å². The van der Waals surface area contributed by atoms with Crippen LogP contribution >= 0.6 is 0 Å². The van der Waals surface area contributed by atoms with Crippen LogP contribution in [0.4, 0.5) is 0 Å². The molecule has 122 valence electrons. The summed E-state index contributed by atoms with van der Waals surface area (Å²) >= 11 is 0. The smallest absolute Gasteiger partial charge is 0.232 e. The minimum Gasteiger partial charge on any atom is -0.493 e. The Kier molecular flexibility index (Phi) is 4.99. The number of rotatable bonds is 4. The maximum Gasteiger partial charge on any atom is 0.232 e. The van der Waals surface area contributed by atoms with E-state index >= 15 is 0 Å². The van der Waals surface area contributed by atoms with Gasteiger partial charge in [0.05, 0.1) is 19.6 Å². The van der Waals surface area contributed by atoms with Gasteiger partial charge in [0, 0.05) is 13.1 Å². The molecule has 1 aliphatic heterocycles. The van der Waals surface area contributed by atoms with Crippen molar-refractivity contribution < 1.29 is 14.3 Å². The monoisotopic (exact) mass is 305 g/mol. The Morgan fingerprint density at radius 2 is 1.91 bits per heavy atom. The van der Waals surface area contributed by atoms with Crippen LogP contribution in [0.5, 0.6) is 11.5 Å². The average Bonchev–Trinajstić information content (AvgIpc) is 2.53. The molecule has 4 heteroatoms. The fraction of sp³-hybridized carbons (Fsp3) is 0.611. The van der Waals surface area contributed by atoms with Gasteiger partial charge in [-0.2, -0.15) is 0 Å². The van der Waals surface area contributed by atoms with Gasteiger partial charge in [0.25, 0.3) is 0 Å². The number of benzene rings is 1. The number of piperidine rings is 1. The lowest BCUT2D eigenvalue weighted by Gasteiger charge is -2.37. The van der Waals surface area contributed by atoms with Gasteiger partial charge in [-0.25, -0.2) is 0 Å². The molecule has 0 N–H and O–H groups in total. The van der Waals surface area contributed by atoms with Crippen molar-refractivity contribution in [3.63, 3.8) is 0 Å². The van der Waals surface area contributed by atoms with E-state index < -0.39 is 5.41 Å². The van der Waals surface area contributed by atoms with Crippen LogP contribution in [0, 0.1) is 5.92 Å². The topological polar surface area (TPSA) is 38.8 Å². The third-order valence-corrected chi connectivity index (χ3v) is 4.58. The van der Waals surface area contributed by atoms with Gasteiger partial charge in [-0.05, 0) is 50.3 Å². The summed E-state index contributed by atoms with van der Waals surface area (Å²) < 4.78 is 10.6. The van der Waals surface area contributed by atoms with E-state index in [-0.39, 0.29) is 5.91 Å². The molecule has 1 aromatic rings. The van der Waals surface area contributed by atoms with Gasteiger partial charge in [0.15, 0.2) is 11.5 Å². The molecule has 22 heavy (non-hydrogen) atoms. The molecule has 1 aromatic carbocycles. The first-order chi connectivity index (χ1) is 10.4. The maximum atomic E-state index is 13.0. The molecule has 1 saturated heterocycles. The van der Waals surface area contributed by atoms with E-state index in [4.69, 9.17) is 9.47 Å². The summed E-state index contributed by atoms with van der Waals surface area (Å²) in [6.45, 7) is 7.89. The Balaban J connectivity index is 2.27. The van der Waals surface area contributed by atoms with Crippen molar-refractivity contribution in [3.05, 3.63) is 23.8 Å². The fourth-order valence-corrected chi connectivity index (χ4v) is 3.12. The van der Waals surface area contributed by atoms with E-state index in [2.05, 4.69) is 6.92 Å². The summed E-state index contributed by atoms with van der Waals surface area (Å²) in [6, 6.07) is 5.72. The van der Waals surface area contributed by atoms with Gasteiger partial charge >= 0.3 is 0 Å². The molecule has 1 atom stereocenters. The Hall–Kier alpha value is -1.71. The zero-order valence-corrected chi connectivity index (χ0v) is 14.3. The number of methoxy groups -OCH3 is 2. The van der Waals surface area contributed by atoms with E-state index in [1.807, 2.05) is 36.9 Å². The zero-order chi connectivity index (χ0) is 16.3. The van der Waals surface area contributed by atoms with Crippen molar-refractivity contribution >= 4 is 5.91 Å². The van der Waals surface area contributed by atoms with Gasteiger partial charge in [0.1, 0.15) is 0 Å². The second kappa shape index (κ2) is 6.59. The SMILES string of the molecule is COc1ccc(C(C)(C)C(=O)N2CCCC(C)C2)cc1OC. The molecular formula is C18H27NO3. The Labute approximate surface area is 133 Å². The minimum atomic E-state index is -0.573. The van der Waals surface area contributed by atoms with Crippen LogP contribution < -0.4 is 9.47 Å². The molecular weight excluding hydrogens is 278 g/mol. The number of likely N-dealkylation sites (tertiary alicyclic amines) is 1. The molecule has 2 rings (SSSR count). The summed E-state index contributed by atoms with van der Waals surface area (Å²) in [7, 11) is 3.23. The fourth-order valence-electron chi connectivity index (χ4n) is 3.12. The lowest BCUT2D eigenvalue weighted by atomic mass is 9.82. The Morgan fingerprint density at radius 1 is 1.23 bits per heavy atom. The first kappa shape index (κ1) is 16.7. The van der Waals surface area contributed by atoms with Crippen molar-refractivity contribution in [3.8, 4) is 11.5 Å². The van der Waals surface area contributed by atoms with Gasteiger partial charge in [0.2, 0.25) is 5.91 Å². The number of hydrogen-bond donors (Lipinski definition) is 0. The highest BCUT2D eigenvalue weighted by Crippen LogP contribution is 2.34. The van der Waals surface area contributed by atoms with Crippen molar-refractivity contribution in [1.29, 1.82) is 0 Å². The molecule has 0 radical (unpaired) electrons. The van der Waals surface area contributed by atoms with Crippen LogP contribution in [0.15, 0.2) is 18.2 Å². The molecule has 0 aliphatic carbocycles. The summed E-state index contributed by atoms with van der Waals surface area (Å²) in [5.74, 6) is 2.11. The lowest BCUT2D eigenvalue weighted by molar-refractivity contribution is -0.138. The van der Waals surface area contributed by atoms with Gasteiger partial charge in [-0.1, -0.05) is 13.0 Å². The molecule has 1 fully saturated rings. The molecule has 0 spiro atoms. The number of carbonyl (C=O) groups excluding carboxylic acids is 1. The molecule has 1 unspecified atom stereocenters. The third kappa shape index (κ3) is 3.21. The second-order valence-electron chi connectivity index (χ2n) is 6.69. The highest BCUT2D eigenvalue weighted by molar-refractivity contribution is 5.87. The number of amides is 1. The Bertz CT molecular complexity index is 539. The minimum absolute atomic E-state index is 0.186. The van der Waals surface area contributed by atoms with E-state index in [0.717, 1.165) is 25.1 Å². The molecule has 4 nitrogen and oxygen atoms in total. The maximum absolute atomic E-state index is 13.0. The van der Waals surface area contributed by atoms with Crippen molar-refractivity contribution in [2.24, 2.45) is 5.92 Å². The van der Waals surface area contributed by atoms with E-state index in [9.17, 15) is 4.79 Å². The number of hydrogen-bond acceptors (Lipinski definition) is 3. The van der Waals surface area contributed by atoms with Crippen molar-refractivity contribution in [2.45, 2.75) is 39.0 Å². The number of nitrogens with zero attached hydrogens (tertiary/aromatic N) is 1. The average molecular weight is 305 g/mol. The van der Waals surface area contributed by atoms with Crippen LogP contribution in [0.2, 0.25) is 0 Å². The lowest BCUT2D eigenvalue weighted by Crippen LogP contribution is -2.47. The predicted molar refractivity (Wildman–Crippen MR) is 87.6 cm³/mol. The van der Waals surface area contributed by atoms with Crippen molar-refractivity contribution in [1.82, 2.24) is 4.90 Å². The van der Waals surface area contributed by atoms with E-state index in [1.165, 1.54) is 6.42 Å². The summed E-state index contributed by atoms with van der Waals surface area (Å²) in [5, 5.41) is 0. The zero-order valence-electron chi connectivity index (χ0n) is 14.3. The van der Waals surface area contributed by atoms with E-state index in [0.29, 0.717) is 17.4 Å². The normalized spacial score (nSPS) is 19.0. The molecule has 1 amide bonds. The molecule has 1 heterocycles. The third-order valence-electron chi connectivity index (χ3n) is 4.58. The first-order valence-electron chi connectivity index (χ1n) is 7.92. The van der Waals surface area contributed by atoms with Crippen molar-refractivity contribution in [2.75, 3.05) is 27.3 Å². The summed E-state index contributed by atoms with van der Waals surface area (Å²) in [6.07, 6.45) is 2.30. The largest absolute Gasteiger partial charge is 0.493 e. The quantitative estimate of drug-likeness (QED) is 0.857. The number of ether oxygens (including phenoxy) is 2. The van der Waals surface area contributed by atoms with Crippen LogP contribution in [-0.4, -0.2) is 38.1 Å². The number of carbonyl (C=O) groups is 1. The molecule has 0 saturated carbocycles. The van der Waals surface area contributed by atoms with Crippen LogP contribution in [0.25, 0.3) is 0 Å². The molecule has 0 aromatic heterocycles. The highest BCUT2D eigenvalue weighted by Gasteiger charge is 2.35. The van der Waals surface area contributed by atoms with Gasteiger partial charge < -0.3 is 14.4 Å². The highest BCUT2D eigenvalue weighted by atomic mass is 16.5. The summed E-state index contributed by atoms with van der Waals surface area (Å²) in [4.78, 5) is 15.0. The summed E-state index contributed by atoms with van der Waals surface area (Å²) in [5.41, 5.74) is 0.379.